The molecule has 0 fully saturated rings. The smallest absolute Gasteiger partial charge is 0.272 e. The lowest BCUT2D eigenvalue weighted by Gasteiger charge is -2.08. The highest BCUT2D eigenvalue weighted by Crippen LogP contribution is 2.27. The Labute approximate surface area is 117 Å². The summed E-state index contributed by atoms with van der Waals surface area (Å²) in [6.45, 7) is 1.77. The highest BCUT2D eigenvalue weighted by Gasteiger charge is 2.14. The topological polar surface area (TPSA) is 82.6 Å². The summed E-state index contributed by atoms with van der Waals surface area (Å²) in [5, 5.41) is 14.6. The molecule has 0 aliphatic carbocycles. The maximum Gasteiger partial charge on any atom is 0.272 e. The molecule has 0 spiro atoms. The summed E-state index contributed by atoms with van der Waals surface area (Å²) in [6.07, 6.45) is 1.54. The summed E-state index contributed by atoms with van der Waals surface area (Å²) in [6, 6.07) is 6.47. The Kier molecular flexibility index (Phi) is 2.98. The lowest BCUT2D eigenvalue weighted by atomic mass is 10.3. The Hall–Kier alpha value is -3.03. The number of halogens is 1. The van der Waals surface area contributed by atoms with Crippen LogP contribution in [0.3, 0.4) is 0 Å². The molecule has 3 rings (SSSR count). The van der Waals surface area contributed by atoms with Crippen molar-refractivity contribution in [3.05, 3.63) is 58.2 Å². The minimum atomic E-state index is -0.820. The number of benzene rings is 1. The van der Waals surface area contributed by atoms with Gasteiger partial charge < -0.3 is 4.74 Å². The number of fused-ring (bicyclic) bond motifs is 1. The van der Waals surface area contributed by atoms with E-state index in [1.807, 2.05) is 0 Å². The van der Waals surface area contributed by atoms with Crippen LogP contribution in [0.2, 0.25) is 0 Å². The number of non-ortho nitro benzene ring substituents is 1. The van der Waals surface area contributed by atoms with Crippen LogP contribution in [0, 0.1) is 22.9 Å². The van der Waals surface area contributed by atoms with Gasteiger partial charge in [0, 0.05) is 23.9 Å². The molecule has 0 saturated heterocycles. The summed E-state index contributed by atoms with van der Waals surface area (Å²) in [7, 11) is 0. The van der Waals surface area contributed by atoms with Crippen LogP contribution in [0.1, 0.15) is 5.69 Å². The van der Waals surface area contributed by atoms with Gasteiger partial charge in [0.15, 0.2) is 17.2 Å². The zero-order valence-corrected chi connectivity index (χ0v) is 10.9. The zero-order chi connectivity index (χ0) is 15.0. The normalized spacial score (nSPS) is 10.8. The van der Waals surface area contributed by atoms with Gasteiger partial charge in [-0.1, -0.05) is 0 Å². The number of aromatic nitrogens is 3. The molecule has 106 valence electrons. The molecule has 1 aromatic carbocycles. The van der Waals surface area contributed by atoms with E-state index in [0.717, 1.165) is 6.07 Å². The first-order valence-electron chi connectivity index (χ1n) is 5.98. The molecule has 3 aromatic rings. The molecule has 8 heteroatoms. The average molecular weight is 288 g/mol. The molecule has 0 atom stereocenters. The van der Waals surface area contributed by atoms with E-state index in [1.165, 1.54) is 16.6 Å². The zero-order valence-electron chi connectivity index (χ0n) is 10.9. The van der Waals surface area contributed by atoms with Crippen molar-refractivity contribution in [2.45, 2.75) is 6.92 Å². The van der Waals surface area contributed by atoms with Crippen LogP contribution in [0.5, 0.6) is 11.6 Å². The van der Waals surface area contributed by atoms with Crippen LogP contribution in [0.25, 0.3) is 5.65 Å². The third-order valence-corrected chi connectivity index (χ3v) is 2.80. The predicted molar refractivity (Wildman–Crippen MR) is 70.9 cm³/mol. The molecule has 0 saturated carbocycles. The molecule has 0 N–H and O–H groups in total. The third-order valence-electron chi connectivity index (χ3n) is 2.80. The summed E-state index contributed by atoms with van der Waals surface area (Å²) in [5.74, 6) is -0.669. The van der Waals surface area contributed by atoms with Gasteiger partial charge in [-0.15, -0.1) is 0 Å². The fourth-order valence-corrected chi connectivity index (χ4v) is 1.88. The van der Waals surface area contributed by atoms with Crippen LogP contribution < -0.4 is 4.74 Å². The molecular formula is C13H9FN4O3. The molecule has 0 aliphatic rings. The first-order chi connectivity index (χ1) is 10.0. The predicted octanol–water partition coefficient (Wildman–Crippen LogP) is 2.88. The van der Waals surface area contributed by atoms with Gasteiger partial charge in [-0.3, -0.25) is 10.1 Å². The van der Waals surface area contributed by atoms with E-state index in [-0.39, 0.29) is 17.3 Å². The monoisotopic (exact) mass is 288 g/mol. The Balaban J connectivity index is 2.02. The second-order valence-corrected chi connectivity index (χ2v) is 4.31. The summed E-state index contributed by atoms with van der Waals surface area (Å²) in [4.78, 5) is 14.1. The molecule has 21 heavy (non-hydrogen) atoms. The minimum absolute atomic E-state index is 0.122. The van der Waals surface area contributed by atoms with E-state index in [0.29, 0.717) is 11.3 Å². The van der Waals surface area contributed by atoms with Gasteiger partial charge in [0.2, 0.25) is 5.88 Å². The fourth-order valence-electron chi connectivity index (χ4n) is 1.88. The van der Waals surface area contributed by atoms with Crippen LogP contribution in [-0.4, -0.2) is 19.5 Å². The number of aryl methyl sites for hydroxylation is 1. The van der Waals surface area contributed by atoms with Gasteiger partial charge in [0.25, 0.3) is 5.69 Å². The highest BCUT2D eigenvalue weighted by atomic mass is 19.1. The third kappa shape index (κ3) is 2.38. The first-order valence-corrected chi connectivity index (χ1v) is 5.98. The Morgan fingerprint density at radius 2 is 2.14 bits per heavy atom. The van der Waals surface area contributed by atoms with Crippen molar-refractivity contribution in [1.82, 2.24) is 14.6 Å². The molecule has 0 amide bonds. The van der Waals surface area contributed by atoms with Gasteiger partial charge >= 0.3 is 0 Å². The first kappa shape index (κ1) is 13.0. The number of hydrogen-bond donors (Lipinski definition) is 0. The highest BCUT2D eigenvalue weighted by molar-refractivity contribution is 5.43. The number of nitrogens with zero attached hydrogens (tertiary/aromatic N) is 4. The lowest BCUT2D eigenvalue weighted by Crippen LogP contribution is -2.00. The second-order valence-electron chi connectivity index (χ2n) is 4.31. The van der Waals surface area contributed by atoms with E-state index in [4.69, 9.17) is 4.74 Å². The Bertz CT molecular complexity index is 847. The van der Waals surface area contributed by atoms with Crippen molar-refractivity contribution in [1.29, 1.82) is 0 Å². The summed E-state index contributed by atoms with van der Waals surface area (Å²) in [5.41, 5.74) is 0.905. The van der Waals surface area contributed by atoms with Crippen molar-refractivity contribution in [2.75, 3.05) is 0 Å². The molecular weight excluding hydrogens is 279 g/mol. The van der Waals surface area contributed by atoms with Crippen molar-refractivity contribution < 1.29 is 14.1 Å². The fraction of sp³-hybridized carbons (Fsp3) is 0.0769. The molecule has 0 aliphatic heterocycles. The van der Waals surface area contributed by atoms with Crippen molar-refractivity contribution in [3.63, 3.8) is 0 Å². The van der Waals surface area contributed by atoms with E-state index in [9.17, 15) is 14.5 Å². The number of nitro benzene ring substituents is 1. The largest absolute Gasteiger partial charge is 0.436 e. The molecule has 0 radical (unpaired) electrons. The molecule has 2 aromatic heterocycles. The van der Waals surface area contributed by atoms with Crippen LogP contribution in [0.15, 0.2) is 36.5 Å². The molecule has 0 bridgehead atoms. The van der Waals surface area contributed by atoms with E-state index < -0.39 is 10.7 Å². The maximum absolute atomic E-state index is 13.8. The van der Waals surface area contributed by atoms with Gasteiger partial charge in [-0.2, -0.15) is 9.61 Å². The number of nitro groups is 1. The average Bonchev–Trinajstić information content (AvgIpc) is 2.88. The van der Waals surface area contributed by atoms with Crippen LogP contribution >= 0.6 is 0 Å². The van der Waals surface area contributed by atoms with E-state index in [2.05, 4.69) is 10.1 Å². The molecule has 0 unspecified atom stereocenters. The second kappa shape index (κ2) is 4.82. The SMILES string of the molecule is Cc1cc(Oc2ccc([N+](=O)[O-])cc2F)n2nccc2n1. The van der Waals surface area contributed by atoms with Crippen molar-refractivity contribution >= 4 is 11.3 Å². The molecule has 7 nitrogen and oxygen atoms in total. The Morgan fingerprint density at radius 3 is 2.86 bits per heavy atom. The van der Waals surface area contributed by atoms with Gasteiger partial charge in [0.05, 0.1) is 17.2 Å². The number of rotatable bonds is 3. The van der Waals surface area contributed by atoms with E-state index in [1.54, 1.807) is 25.3 Å². The lowest BCUT2D eigenvalue weighted by molar-refractivity contribution is -0.385. The van der Waals surface area contributed by atoms with Gasteiger partial charge in [-0.25, -0.2) is 9.37 Å². The maximum atomic E-state index is 13.8. The Morgan fingerprint density at radius 1 is 1.33 bits per heavy atom. The van der Waals surface area contributed by atoms with Gasteiger partial charge in [-0.05, 0) is 13.0 Å². The van der Waals surface area contributed by atoms with Crippen molar-refractivity contribution in [2.24, 2.45) is 0 Å². The molecule has 2 heterocycles. The van der Waals surface area contributed by atoms with Gasteiger partial charge in [0.1, 0.15) is 0 Å². The summed E-state index contributed by atoms with van der Waals surface area (Å²) >= 11 is 0. The van der Waals surface area contributed by atoms with Crippen molar-refractivity contribution in [3.8, 4) is 11.6 Å². The standard InChI is InChI=1S/C13H9FN4O3/c1-8-6-13(17-12(16-8)4-5-15-17)21-11-3-2-9(18(19)20)7-10(11)14/h2-7H,1H3. The minimum Gasteiger partial charge on any atom is -0.436 e. The number of ether oxygens (including phenoxy) is 1. The van der Waals surface area contributed by atoms with Crippen LogP contribution in [-0.2, 0) is 0 Å². The summed E-state index contributed by atoms with van der Waals surface area (Å²) < 4.78 is 20.7. The van der Waals surface area contributed by atoms with E-state index >= 15 is 0 Å². The number of hydrogen-bond acceptors (Lipinski definition) is 5. The quantitative estimate of drug-likeness (QED) is 0.546. The van der Waals surface area contributed by atoms with Crippen LogP contribution in [0.4, 0.5) is 10.1 Å².